The van der Waals surface area contributed by atoms with Crippen LogP contribution in [-0.2, 0) is 9.53 Å². The zero-order chi connectivity index (χ0) is 12.1. The first-order valence-electron chi connectivity index (χ1n) is 5.21. The Morgan fingerprint density at radius 1 is 1.53 bits per heavy atom. The molecule has 0 aromatic heterocycles. The highest BCUT2D eigenvalue weighted by Gasteiger charge is 2.27. The molecule has 0 saturated heterocycles. The van der Waals surface area contributed by atoms with Crippen molar-refractivity contribution in [1.82, 2.24) is 4.90 Å². The van der Waals surface area contributed by atoms with Crippen molar-refractivity contribution in [3.8, 4) is 0 Å². The summed E-state index contributed by atoms with van der Waals surface area (Å²) in [6, 6.07) is 0. The zero-order valence-electron chi connectivity index (χ0n) is 10.4. The highest BCUT2D eigenvalue weighted by molar-refractivity contribution is 5.76. The van der Waals surface area contributed by atoms with Gasteiger partial charge < -0.3 is 14.7 Å². The van der Waals surface area contributed by atoms with E-state index in [4.69, 9.17) is 9.84 Å². The van der Waals surface area contributed by atoms with Crippen LogP contribution in [0.4, 0.5) is 0 Å². The number of methoxy groups -OCH3 is 1. The Balaban J connectivity index is 4.21. The maximum absolute atomic E-state index is 11.8. The average Bonchev–Trinajstić information content (AvgIpc) is 2.16. The van der Waals surface area contributed by atoms with Crippen molar-refractivity contribution < 1.29 is 14.6 Å². The number of rotatable bonds is 6. The van der Waals surface area contributed by atoms with Crippen LogP contribution in [-0.4, -0.2) is 48.8 Å². The van der Waals surface area contributed by atoms with Gasteiger partial charge in [0.25, 0.3) is 0 Å². The lowest BCUT2D eigenvalue weighted by Crippen LogP contribution is -2.48. The summed E-state index contributed by atoms with van der Waals surface area (Å²) in [6.07, 6.45) is 0.452. The molecule has 0 aliphatic heterocycles. The van der Waals surface area contributed by atoms with Gasteiger partial charge in [-0.25, -0.2) is 0 Å². The number of carbonyl (C=O) groups excluding carboxylic acids is 1. The summed E-state index contributed by atoms with van der Waals surface area (Å²) in [5.74, 6) is 0.248. The van der Waals surface area contributed by atoms with Gasteiger partial charge in [0.1, 0.15) is 0 Å². The molecule has 0 aliphatic rings. The van der Waals surface area contributed by atoms with Gasteiger partial charge >= 0.3 is 0 Å². The van der Waals surface area contributed by atoms with Crippen molar-refractivity contribution in [2.45, 2.75) is 32.7 Å². The summed E-state index contributed by atoms with van der Waals surface area (Å²) < 4.78 is 4.98. The summed E-state index contributed by atoms with van der Waals surface area (Å²) in [4.78, 5) is 13.4. The average molecular weight is 217 g/mol. The SMILES string of the molecule is COCC(C)CC(=O)N(C)C(C)(C)CO. The molecule has 0 aromatic rings. The van der Waals surface area contributed by atoms with E-state index in [1.165, 1.54) is 0 Å². The number of hydrogen-bond donors (Lipinski definition) is 1. The Morgan fingerprint density at radius 2 is 2.07 bits per heavy atom. The quantitative estimate of drug-likeness (QED) is 0.719. The Bertz CT molecular complexity index is 204. The lowest BCUT2D eigenvalue weighted by molar-refractivity contribution is -0.137. The largest absolute Gasteiger partial charge is 0.394 e. The van der Waals surface area contributed by atoms with Gasteiger partial charge in [0.2, 0.25) is 5.91 Å². The zero-order valence-corrected chi connectivity index (χ0v) is 10.4. The summed E-state index contributed by atoms with van der Waals surface area (Å²) in [6.45, 7) is 6.20. The van der Waals surface area contributed by atoms with Crippen molar-refractivity contribution in [1.29, 1.82) is 0 Å². The lowest BCUT2D eigenvalue weighted by atomic mass is 10.0. The molecule has 1 amide bonds. The van der Waals surface area contributed by atoms with Gasteiger partial charge in [0.05, 0.1) is 12.1 Å². The number of likely N-dealkylation sites (N-methyl/N-ethyl adjacent to an activating group) is 1. The van der Waals surface area contributed by atoms with E-state index in [1.54, 1.807) is 19.1 Å². The maximum Gasteiger partial charge on any atom is 0.223 e. The van der Waals surface area contributed by atoms with Crippen molar-refractivity contribution in [3.63, 3.8) is 0 Å². The number of aliphatic hydroxyl groups excluding tert-OH is 1. The van der Waals surface area contributed by atoms with Crippen LogP contribution in [0.15, 0.2) is 0 Å². The maximum atomic E-state index is 11.8. The minimum atomic E-state index is -0.496. The van der Waals surface area contributed by atoms with Gasteiger partial charge in [-0.05, 0) is 19.8 Å². The third-order valence-electron chi connectivity index (χ3n) is 2.64. The van der Waals surface area contributed by atoms with Crippen LogP contribution in [0.5, 0.6) is 0 Å². The molecule has 1 N–H and O–H groups in total. The molecule has 1 unspecified atom stereocenters. The number of amides is 1. The molecule has 0 heterocycles. The number of hydrogen-bond acceptors (Lipinski definition) is 3. The van der Waals surface area contributed by atoms with Crippen LogP contribution in [0.1, 0.15) is 27.2 Å². The molecule has 0 rings (SSSR count). The fraction of sp³-hybridized carbons (Fsp3) is 0.909. The van der Waals surface area contributed by atoms with Crippen LogP contribution in [0.3, 0.4) is 0 Å². The van der Waals surface area contributed by atoms with E-state index in [1.807, 2.05) is 20.8 Å². The second kappa shape index (κ2) is 6.08. The molecule has 1 atom stereocenters. The first-order valence-corrected chi connectivity index (χ1v) is 5.21. The summed E-state index contributed by atoms with van der Waals surface area (Å²) in [5, 5.41) is 9.13. The van der Waals surface area contributed by atoms with Crippen LogP contribution in [0.2, 0.25) is 0 Å². The molecule has 90 valence electrons. The Hall–Kier alpha value is -0.610. The van der Waals surface area contributed by atoms with Crippen LogP contribution in [0, 0.1) is 5.92 Å². The fourth-order valence-corrected chi connectivity index (χ4v) is 1.22. The molecule has 0 aliphatic carbocycles. The van der Waals surface area contributed by atoms with E-state index in [9.17, 15) is 4.79 Å². The Morgan fingerprint density at radius 3 is 2.47 bits per heavy atom. The minimum absolute atomic E-state index is 0.0338. The van der Waals surface area contributed by atoms with Gasteiger partial charge in [-0.1, -0.05) is 6.92 Å². The van der Waals surface area contributed by atoms with E-state index in [0.29, 0.717) is 13.0 Å². The molecular weight excluding hydrogens is 194 g/mol. The molecule has 0 aromatic carbocycles. The number of nitrogens with zero attached hydrogens (tertiary/aromatic N) is 1. The van der Waals surface area contributed by atoms with Gasteiger partial charge in [-0.15, -0.1) is 0 Å². The summed E-state index contributed by atoms with van der Waals surface area (Å²) >= 11 is 0. The second-order valence-electron chi connectivity index (χ2n) is 4.69. The number of ether oxygens (including phenoxy) is 1. The van der Waals surface area contributed by atoms with Gasteiger partial charge in [-0.3, -0.25) is 4.79 Å². The smallest absolute Gasteiger partial charge is 0.223 e. The Kier molecular flexibility index (Phi) is 5.83. The van der Waals surface area contributed by atoms with Crippen LogP contribution >= 0.6 is 0 Å². The monoisotopic (exact) mass is 217 g/mol. The lowest BCUT2D eigenvalue weighted by Gasteiger charge is -2.34. The third-order valence-corrected chi connectivity index (χ3v) is 2.64. The molecule has 15 heavy (non-hydrogen) atoms. The van der Waals surface area contributed by atoms with Crippen molar-refractivity contribution in [2.24, 2.45) is 5.92 Å². The highest BCUT2D eigenvalue weighted by Crippen LogP contribution is 2.14. The summed E-state index contributed by atoms with van der Waals surface area (Å²) in [5.41, 5.74) is -0.496. The van der Waals surface area contributed by atoms with Crippen molar-refractivity contribution >= 4 is 5.91 Å². The normalized spacial score (nSPS) is 13.7. The molecule has 0 bridgehead atoms. The molecule has 0 spiro atoms. The fourth-order valence-electron chi connectivity index (χ4n) is 1.22. The minimum Gasteiger partial charge on any atom is -0.394 e. The molecule has 4 heteroatoms. The number of carbonyl (C=O) groups is 1. The van der Waals surface area contributed by atoms with Crippen LogP contribution < -0.4 is 0 Å². The van der Waals surface area contributed by atoms with Gasteiger partial charge in [0, 0.05) is 27.2 Å². The second-order valence-corrected chi connectivity index (χ2v) is 4.69. The van der Waals surface area contributed by atoms with Crippen LogP contribution in [0.25, 0.3) is 0 Å². The van der Waals surface area contributed by atoms with E-state index in [2.05, 4.69) is 0 Å². The predicted octanol–water partition coefficient (Wildman–Crippen LogP) is 0.888. The van der Waals surface area contributed by atoms with E-state index < -0.39 is 5.54 Å². The predicted molar refractivity (Wildman–Crippen MR) is 59.6 cm³/mol. The molecule has 4 nitrogen and oxygen atoms in total. The van der Waals surface area contributed by atoms with Gasteiger partial charge in [0.15, 0.2) is 0 Å². The third kappa shape index (κ3) is 4.62. The standard InChI is InChI=1S/C11H23NO3/c1-9(7-15-5)6-10(14)12(4)11(2,3)8-13/h9,13H,6-8H2,1-5H3. The van der Waals surface area contributed by atoms with E-state index in [-0.39, 0.29) is 18.4 Å². The Labute approximate surface area is 92.2 Å². The topological polar surface area (TPSA) is 49.8 Å². The first kappa shape index (κ1) is 14.4. The van der Waals surface area contributed by atoms with Crippen molar-refractivity contribution in [2.75, 3.05) is 27.4 Å². The molecular formula is C11H23NO3. The van der Waals surface area contributed by atoms with E-state index in [0.717, 1.165) is 0 Å². The molecule has 0 radical (unpaired) electrons. The van der Waals surface area contributed by atoms with Gasteiger partial charge in [-0.2, -0.15) is 0 Å². The number of aliphatic hydroxyl groups is 1. The molecule has 0 fully saturated rings. The first-order chi connectivity index (χ1) is 6.85. The van der Waals surface area contributed by atoms with E-state index >= 15 is 0 Å². The highest BCUT2D eigenvalue weighted by atomic mass is 16.5. The summed E-state index contributed by atoms with van der Waals surface area (Å²) in [7, 11) is 3.35. The molecule has 0 saturated carbocycles. The van der Waals surface area contributed by atoms with Crippen molar-refractivity contribution in [3.05, 3.63) is 0 Å².